The van der Waals surface area contributed by atoms with E-state index in [1.54, 1.807) is 11.8 Å². The Morgan fingerprint density at radius 2 is 1.44 bits per heavy atom. The van der Waals surface area contributed by atoms with Crippen LogP contribution in [0.5, 0.6) is 0 Å². The van der Waals surface area contributed by atoms with Gasteiger partial charge in [-0.3, -0.25) is 0 Å². The molecule has 0 spiro atoms. The van der Waals surface area contributed by atoms with Crippen LogP contribution in [0.2, 0.25) is 0 Å². The molecular formula is C11H23NO4. The van der Waals surface area contributed by atoms with Crippen molar-refractivity contribution in [3.05, 3.63) is 0 Å². The third kappa shape index (κ3) is 7.48. The zero-order valence-electron chi connectivity index (χ0n) is 10.5. The van der Waals surface area contributed by atoms with Gasteiger partial charge in [-0.2, -0.15) is 0 Å². The molecule has 0 unspecified atom stereocenters. The van der Waals surface area contributed by atoms with Gasteiger partial charge in [-0.15, -0.1) is 0 Å². The molecule has 16 heavy (non-hydrogen) atoms. The van der Waals surface area contributed by atoms with Crippen molar-refractivity contribution in [2.45, 2.75) is 20.8 Å². The lowest BCUT2D eigenvalue weighted by atomic mass is 10.5. The van der Waals surface area contributed by atoms with Crippen molar-refractivity contribution < 1.29 is 19.0 Å². The number of nitrogens with zero attached hydrogens (tertiary/aromatic N) is 1. The molecule has 0 atom stereocenters. The Hall–Kier alpha value is -0.810. The average molecular weight is 233 g/mol. The highest BCUT2D eigenvalue weighted by Gasteiger charge is 2.13. The van der Waals surface area contributed by atoms with Gasteiger partial charge in [0.2, 0.25) is 0 Å². The molecule has 0 saturated heterocycles. The van der Waals surface area contributed by atoms with E-state index < -0.39 is 0 Å². The van der Waals surface area contributed by atoms with Crippen molar-refractivity contribution in [3.63, 3.8) is 0 Å². The molecule has 0 aliphatic carbocycles. The molecule has 0 fully saturated rings. The SMILES string of the molecule is CCOCCN(CCOCC)C(=O)OCC. The molecule has 5 nitrogen and oxygen atoms in total. The van der Waals surface area contributed by atoms with E-state index in [-0.39, 0.29) is 6.09 Å². The first-order valence-electron chi connectivity index (χ1n) is 5.83. The monoisotopic (exact) mass is 233 g/mol. The fourth-order valence-electron chi connectivity index (χ4n) is 1.15. The molecule has 0 rings (SSSR count). The number of ether oxygens (including phenoxy) is 3. The first-order chi connectivity index (χ1) is 7.76. The normalized spacial score (nSPS) is 10.2. The van der Waals surface area contributed by atoms with E-state index in [2.05, 4.69) is 0 Å². The zero-order valence-corrected chi connectivity index (χ0v) is 10.5. The van der Waals surface area contributed by atoms with Crippen molar-refractivity contribution >= 4 is 6.09 Å². The van der Waals surface area contributed by atoms with Crippen molar-refractivity contribution in [1.29, 1.82) is 0 Å². The minimum Gasteiger partial charge on any atom is -0.450 e. The van der Waals surface area contributed by atoms with Crippen molar-refractivity contribution in [3.8, 4) is 0 Å². The van der Waals surface area contributed by atoms with Gasteiger partial charge in [0.05, 0.1) is 19.8 Å². The van der Waals surface area contributed by atoms with Crippen LogP contribution in [0.15, 0.2) is 0 Å². The van der Waals surface area contributed by atoms with E-state index in [1.165, 1.54) is 0 Å². The van der Waals surface area contributed by atoms with Crippen LogP contribution in [-0.4, -0.2) is 57.1 Å². The fraction of sp³-hybridized carbons (Fsp3) is 0.909. The largest absolute Gasteiger partial charge is 0.450 e. The van der Waals surface area contributed by atoms with E-state index in [0.717, 1.165) is 0 Å². The quantitative estimate of drug-likeness (QED) is 0.566. The third-order valence-corrected chi connectivity index (χ3v) is 1.95. The van der Waals surface area contributed by atoms with Crippen LogP contribution < -0.4 is 0 Å². The predicted octanol–water partition coefficient (Wildman–Crippen LogP) is 1.52. The standard InChI is InChI=1S/C11H23NO4/c1-4-14-9-7-12(8-10-15-5-2)11(13)16-6-3/h4-10H2,1-3H3. The minimum absolute atomic E-state index is 0.304. The highest BCUT2D eigenvalue weighted by molar-refractivity contribution is 5.67. The average Bonchev–Trinajstić information content (AvgIpc) is 2.28. The highest BCUT2D eigenvalue weighted by atomic mass is 16.6. The highest BCUT2D eigenvalue weighted by Crippen LogP contribution is 1.95. The van der Waals surface area contributed by atoms with Crippen LogP contribution in [0.3, 0.4) is 0 Å². The van der Waals surface area contributed by atoms with Crippen LogP contribution in [-0.2, 0) is 14.2 Å². The predicted molar refractivity (Wildman–Crippen MR) is 61.6 cm³/mol. The molecule has 0 radical (unpaired) electrons. The second kappa shape index (κ2) is 10.7. The second-order valence-corrected chi connectivity index (χ2v) is 3.08. The molecule has 0 aromatic rings. The summed E-state index contributed by atoms with van der Waals surface area (Å²) in [5, 5.41) is 0. The molecule has 0 aromatic carbocycles. The summed E-state index contributed by atoms with van der Waals surface area (Å²) in [6.45, 7) is 9.48. The van der Waals surface area contributed by atoms with E-state index in [0.29, 0.717) is 46.1 Å². The van der Waals surface area contributed by atoms with E-state index in [4.69, 9.17) is 14.2 Å². The smallest absolute Gasteiger partial charge is 0.409 e. The van der Waals surface area contributed by atoms with Crippen molar-refractivity contribution in [2.24, 2.45) is 0 Å². The molecule has 0 bridgehead atoms. The third-order valence-electron chi connectivity index (χ3n) is 1.95. The van der Waals surface area contributed by atoms with Crippen LogP contribution in [0.1, 0.15) is 20.8 Å². The Kier molecular flexibility index (Phi) is 10.2. The van der Waals surface area contributed by atoms with Gasteiger partial charge in [0.15, 0.2) is 0 Å². The maximum atomic E-state index is 11.5. The van der Waals surface area contributed by atoms with Gasteiger partial charge in [-0.1, -0.05) is 0 Å². The van der Waals surface area contributed by atoms with Crippen LogP contribution >= 0.6 is 0 Å². The number of hydrogen-bond donors (Lipinski definition) is 0. The summed E-state index contributed by atoms with van der Waals surface area (Å²) < 4.78 is 15.4. The van der Waals surface area contributed by atoms with Crippen molar-refractivity contribution in [2.75, 3.05) is 46.1 Å². The zero-order chi connectivity index (χ0) is 12.2. The Morgan fingerprint density at radius 1 is 0.938 bits per heavy atom. The number of carbonyl (C=O) groups is 1. The molecule has 96 valence electrons. The summed E-state index contributed by atoms with van der Waals surface area (Å²) in [4.78, 5) is 13.1. The van der Waals surface area contributed by atoms with Gasteiger partial charge in [0, 0.05) is 26.3 Å². The lowest BCUT2D eigenvalue weighted by Gasteiger charge is -2.21. The first kappa shape index (κ1) is 15.2. The van der Waals surface area contributed by atoms with Gasteiger partial charge < -0.3 is 19.1 Å². The van der Waals surface area contributed by atoms with Gasteiger partial charge in [-0.25, -0.2) is 4.79 Å². The van der Waals surface area contributed by atoms with Crippen molar-refractivity contribution in [1.82, 2.24) is 4.90 Å². The lowest BCUT2D eigenvalue weighted by molar-refractivity contribution is 0.0620. The lowest BCUT2D eigenvalue weighted by Crippen LogP contribution is -2.37. The summed E-state index contributed by atoms with van der Waals surface area (Å²) in [6, 6.07) is 0. The summed E-state index contributed by atoms with van der Waals surface area (Å²) in [5.74, 6) is 0. The van der Waals surface area contributed by atoms with Gasteiger partial charge in [0.1, 0.15) is 0 Å². The maximum Gasteiger partial charge on any atom is 0.409 e. The topological polar surface area (TPSA) is 48.0 Å². The molecule has 0 heterocycles. The fourth-order valence-corrected chi connectivity index (χ4v) is 1.15. The number of rotatable bonds is 9. The second-order valence-electron chi connectivity index (χ2n) is 3.08. The summed E-state index contributed by atoms with van der Waals surface area (Å²) in [5.41, 5.74) is 0. The van der Waals surface area contributed by atoms with E-state index in [9.17, 15) is 4.79 Å². The Balaban J connectivity index is 3.89. The molecule has 0 aliphatic rings. The van der Waals surface area contributed by atoms with E-state index >= 15 is 0 Å². The Morgan fingerprint density at radius 3 is 1.81 bits per heavy atom. The van der Waals surface area contributed by atoms with Gasteiger partial charge in [0.25, 0.3) is 0 Å². The molecule has 0 aromatic heterocycles. The van der Waals surface area contributed by atoms with Gasteiger partial charge in [-0.05, 0) is 20.8 Å². The Bertz CT molecular complexity index is 165. The molecule has 5 heteroatoms. The van der Waals surface area contributed by atoms with Crippen LogP contribution in [0.4, 0.5) is 4.79 Å². The van der Waals surface area contributed by atoms with E-state index in [1.807, 2.05) is 13.8 Å². The maximum absolute atomic E-state index is 11.5. The summed E-state index contributed by atoms with van der Waals surface area (Å²) in [7, 11) is 0. The molecule has 1 amide bonds. The number of carbonyl (C=O) groups excluding carboxylic acids is 1. The Labute approximate surface area is 97.7 Å². The first-order valence-corrected chi connectivity index (χ1v) is 5.83. The number of amides is 1. The van der Waals surface area contributed by atoms with Gasteiger partial charge >= 0.3 is 6.09 Å². The van der Waals surface area contributed by atoms with Crippen LogP contribution in [0, 0.1) is 0 Å². The molecular weight excluding hydrogens is 210 g/mol. The summed E-state index contributed by atoms with van der Waals surface area (Å²) in [6.07, 6.45) is -0.304. The molecule has 0 saturated carbocycles. The molecule has 0 N–H and O–H groups in total. The van der Waals surface area contributed by atoms with Crippen LogP contribution in [0.25, 0.3) is 0 Å². The summed E-state index contributed by atoms with van der Waals surface area (Å²) >= 11 is 0. The minimum atomic E-state index is -0.304. The number of hydrogen-bond acceptors (Lipinski definition) is 4. The molecule has 0 aliphatic heterocycles.